The Hall–Kier alpha value is -1.12. The molecule has 0 radical (unpaired) electrons. The first-order valence-corrected chi connectivity index (χ1v) is 6.92. The van der Waals surface area contributed by atoms with Crippen molar-refractivity contribution in [2.75, 3.05) is 6.61 Å². The molecule has 0 fully saturated rings. The van der Waals surface area contributed by atoms with Crippen molar-refractivity contribution in [3.8, 4) is 0 Å². The first-order valence-electron chi connectivity index (χ1n) is 6.92. The quantitative estimate of drug-likeness (QED) is 0.603. The largest absolute Gasteiger partial charge is 0.388 e. The van der Waals surface area contributed by atoms with Crippen LogP contribution in [0.3, 0.4) is 0 Å². The van der Waals surface area contributed by atoms with Gasteiger partial charge in [-0.15, -0.1) is 0 Å². The van der Waals surface area contributed by atoms with Gasteiger partial charge in [0.15, 0.2) is 0 Å². The first kappa shape index (κ1) is 15.9. The van der Waals surface area contributed by atoms with Gasteiger partial charge in [-0.3, -0.25) is 0 Å². The second-order valence-corrected chi connectivity index (χ2v) is 5.28. The van der Waals surface area contributed by atoms with Gasteiger partial charge in [0.05, 0.1) is 18.8 Å². The summed E-state index contributed by atoms with van der Waals surface area (Å²) in [6.07, 6.45) is 8.42. The smallest absolute Gasteiger partial charge is 0.0793 e. The van der Waals surface area contributed by atoms with Gasteiger partial charge >= 0.3 is 0 Å². The fourth-order valence-corrected chi connectivity index (χ4v) is 2.37. The van der Waals surface area contributed by atoms with Gasteiger partial charge in [-0.1, -0.05) is 37.8 Å². The van der Waals surface area contributed by atoms with Crippen LogP contribution in [0.15, 0.2) is 47.6 Å². The number of rotatable bonds is 5. The minimum Gasteiger partial charge on any atom is -0.388 e. The minimum absolute atomic E-state index is 0.116. The maximum absolute atomic E-state index is 10.0. The lowest BCUT2D eigenvalue weighted by Gasteiger charge is -2.33. The fourth-order valence-electron chi connectivity index (χ4n) is 2.37. The predicted octanol–water partition coefficient (Wildman–Crippen LogP) is 3.80. The van der Waals surface area contributed by atoms with E-state index in [1.54, 1.807) is 6.08 Å². The zero-order valence-corrected chi connectivity index (χ0v) is 12.5. The highest BCUT2D eigenvalue weighted by Crippen LogP contribution is 2.31. The molecule has 2 nitrogen and oxygen atoms in total. The first-order chi connectivity index (χ1) is 9.01. The summed E-state index contributed by atoms with van der Waals surface area (Å²) >= 11 is 0. The van der Waals surface area contributed by atoms with Crippen LogP contribution in [0.25, 0.3) is 0 Å². The molecule has 0 bridgehead atoms. The second-order valence-electron chi connectivity index (χ2n) is 5.28. The maximum atomic E-state index is 10.0. The lowest BCUT2D eigenvalue weighted by atomic mass is 9.82. The van der Waals surface area contributed by atoms with E-state index in [0.717, 1.165) is 17.6 Å². The molecule has 0 amide bonds. The van der Waals surface area contributed by atoms with Crippen molar-refractivity contribution in [2.45, 2.75) is 46.3 Å². The molecule has 1 aliphatic rings. The van der Waals surface area contributed by atoms with Crippen LogP contribution in [0.1, 0.15) is 34.1 Å². The lowest BCUT2D eigenvalue weighted by Crippen LogP contribution is -2.33. The normalized spacial score (nSPS) is 29.1. The Morgan fingerprint density at radius 2 is 2.11 bits per heavy atom. The van der Waals surface area contributed by atoms with E-state index < -0.39 is 0 Å². The molecular weight excluding hydrogens is 236 g/mol. The molecule has 0 saturated heterocycles. The monoisotopic (exact) mass is 262 g/mol. The van der Waals surface area contributed by atoms with E-state index in [4.69, 9.17) is 4.74 Å². The zero-order chi connectivity index (χ0) is 14.4. The van der Waals surface area contributed by atoms with Gasteiger partial charge in [0, 0.05) is 0 Å². The number of aliphatic hydroxyl groups excluding tert-OH is 1. The summed E-state index contributed by atoms with van der Waals surface area (Å²) in [5.41, 5.74) is 3.38. The molecular formula is C17H26O2. The molecule has 3 atom stereocenters. The highest BCUT2D eigenvalue weighted by Gasteiger charge is 2.29. The summed E-state index contributed by atoms with van der Waals surface area (Å²) in [7, 11) is 0. The molecule has 106 valence electrons. The molecule has 3 unspecified atom stereocenters. The van der Waals surface area contributed by atoms with Gasteiger partial charge in [-0.2, -0.15) is 0 Å². The SMILES string of the molecule is C=C/C=C\C(=C/C)COC1CC(C)C(O)C(C)=C1C. The summed E-state index contributed by atoms with van der Waals surface area (Å²) in [5.74, 6) is 0.256. The minimum atomic E-state index is -0.318. The molecule has 0 aromatic rings. The van der Waals surface area contributed by atoms with E-state index in [1.165, 1.54) is 5.57 Å². The molecule has 0 aliphatic heterocycles. The van der Waals surface area contributed by atoms with Crippen LogP contribution in [-0.2, 0) is 4.74 Å². The summed E-state index contributed by atoms with van der Waals surface area (Å²) in [6.45, 7) is 12.4. The number of hydrogen-bond donors (Lipinski definition) is 1. The van der Waals surface area contributed by atoms with Crippen molar-refractivity contribution in [1.82, 2.24) is 0 Å². The topological polar surface area (TPSA) is 29.5 Å². The second kappa shape index (κ2) is 7.46. The highest BCUT2D eigenvalue weighted by molar-refractivity contribution is 5.24. The number of ether oxygens (including phenoxy) is 1. The van der Waals surface area contributed by atoms with Gasteiger partial charge in [0.25, 0.3) is 0 Å². The van der Waals surface area contributed by atoms with Crippen LogP contribution in [0.2, 0.25) is 0 Å². The Labute approximate surface area is 117 Å². The van der Waals surface area contributed by atoms with E-state index >= 15 is 0 Å². The van der Waals surface area contributed by atoms with E-state index in [1.807, 2.05) is 32.1 Å². The van der Waals surface area contributed by atoms with Gasteiger partial charge in [0.1, 0.15) is 0 Å². The Kier molecular flexibility index (Phi) is 6.26. The van der Waals surface area contributed by atoms with Gasteiger partial charge < -0.3 is 9.84 Å². The van der Waals surface area contributed by atoms with Crippen LogP contribution < -0.4 is 0 Å². The van der Waals surface area contributed by atoms with Crippen molar-refractivity contribution < 1.29 is 9.84 Å². The van der Waals surface area contributed by atoms with Crippen LogP contribution in [-0.4, -0.2) is 23.9 Å². The molecule has 0 heterocycles. The van der Waals surface area contributed by atoms with Gasteiger partial charge in [-0.05, 0) is 49.8 Å². The molecule has 1 N–H and O–H groups in total. The number of aliphatic hydroxyl groups is 1. The van der Waals surface area contributed by atoms with Crippen LogP contribution >= 0.6 is 0 Å². The predicted molar refractivity (Wildman–Crippen MR) is 81.0 cm³/mol. The summed E-state index contributed by atoms with van der Waals surface area (Å²) in [5, 5.41) is 10.0. The zero-order valence-electron chi connectivity index (χ0n) is 12.5. The summed E-state index contributed by atoms with van der Waals surface area (Å²) in [4.78, 5) is 0. The third kappa shape index (κ3) is 4.19. The standard InChI is InChI=1S/C17H26O2/c1-6-8-9-15(7-2)11-19-16-10-12(3)17(18)14(5)13(16)4/h6-9,12,16-18H,1,10-11H2,2-5H3/b9-8-,15-7+. The van der Waals surface area contributed by atoms with Crippen molar-refractivity contribution in [2.24, 2.45) is 5.92 Å². The van der Waals surface area contributed by atoms with Crippen molar-refractivity contribution >= 4 is 0 Å². The molecule has 1 aliphatic carbocycles. The Morgan fingerprint density at radius 1 is 1.42 bits per heavy atom. The van der Waals surface area contributed by atoms with E-state index in [-0.39, 0.29) is 18.1 Å². The molecule has 0 aromatic carbocycles. The maximum Gasteiger partial charge on any atom is 0.0793 e. The van der Waals surface area contributed by atoms with E-state index in [9.17, 15) is 5.11 Å². The fraction of sp³-hybridized carbons (Fsp3) is 0.529. The van der Waals surface area contributed by atoms with Crippen LogP contribution in [0.5, 0.6) is 0 Å². The molecule has 0 aromatic heterocycles. The third-order valence-corrected chi connectivity index (χ3v) is 3.94. The molecule has 1 rings (SSSR count). The highest BCUT2D eigenvalue weighted by atomic mass is 16.5. The van der Waals surface area contributed by atoms with Gasteiger partial charge in [0.2, 0.25) is 0 Å². The van der Waals surface area contributed by atoms with Crippen molar-refractivity contribution in [1.29, 1.82) is 0 Å². The average Bonchev–Trinajstić information content (AvgIpc) is 2.42. The third-order valence-electron chi connectivity index (χ3n) is 3.94. The molecule has 2 heteroatoms. The Bertz CT molecular complexity index is 401. The lowest BCUT2D eigenvalue weighted by molar-refractivity contribution is 0.0378. The Balaban J connectivity index is 2.67. The Morgan fingerprint density at radius 3 is 2.68 bits per heavy atom. The van der Waals surface area contributed by atoms with Gasteiger partial charge in [-0.25, -0.2) is 0 Å². The average molecular weight is 262 g/mol. The summed E-state index contributed by atoms with van der Waals surface area (Å²) < 4.78 is 6.01. The van der Waals surface area contributed by atoms with E-state index in [2.05, 4.69) is 20.4 Å². The molecule has 0 saturated carbocycles. The summed E-state index contributed by atoms with van der Waals surface area (Å²) in [6, 6.07) is 0. The van der Waals surface area contributed by atoms with Crippen molar-refractivity contribution in [3.05, 3.63) is 47.6 Å². The van der Waals surface area contributed by atoms with Crippen LogP contribution in [0.4, 0.5) is 0 Å². The molecule has 0 spiro atoms. The van der Waals surface area contributed by atoms with Crippen LogP contribution in [0, 0.1) is 5.92 Å². The van der Waals surface area contributed by atoms with E-state index in [0.29, 0.717) is 6.61 Å². The number of hydrogen-bond acceptors (Lipinski definition) is 2. The van der Waals surface area contributed by atoms with Crippen molar-refractivity contribution in [3.63, 3.8) is 0 Å². The molecule has 19 heavy (non-hydrogen) atoms. The number of allylic oxidation sites excluding steroid dienone is 3.